The van der Waals surface area contributed by atoms with Gasteiger partial charge in [0.2, 0.25) is 0 Å². The van der Waals surface area contributed by atoms with Gasteiger partial charge in [0.05, 0.1) is 5.69 Å². The summed E-state index contributed by atoms with van der Waals surface area (Å²) in [5, 5.41) is 5.39. The van der Waals surface area contributed by atoms with Crippen molar-refractivity contribution in [3.05, 3.63) is 370 Å². The number of hydrogen-bond acceptors (Lipinski definition) is 6. The van der Waals surface area contributed by atoms with Gasteiger partial charge in [-0.05, 0) is 65.7 Å². The van der Waals surface area contributed by atoms with Crippen LogP contribution in [0.15, 0.2) is 370 Å². The van der Waals surface area contributed by atoms with Gasteiger partial charge in [-0.3, -0.25) is 0 Å². The maximum Gasteiger partial charge on any atom is -0.0543 e. The molecule has 0 unspecified atom stereocenters. The zero-order valence-electron chi connectivity index (χ0n) is 57.3. The van der Waals surface area contributed by atoms with Crippen LogP contribution in [0.2, 0.25) is 0 Å². The minimum absolute atomic E-state index is 0.239. The number of para-hydroxylation sites is 7. The summed E-state index contributed by atoms with van der Waals surface area (Å²) in [5.74, 6) is 1.67. The monoisotopic (exact) mass is 1580 g/mol. The topological polar surface area (TPSA) is 25.4 Å². The molecule has 0 saturated heterocycles. The SMILES string of the molecule is c1ccc(-c2cccc(-c3ccccc3)c2N2c3cc4c(cc3B3c5ccccc5N(c5ccccc5)c5cc(N(c6ccccc6)c6ccccc6)cc2c53)B2c3ccccc3N(c3cccc5c3[te]c3ccccc35)c3cc(N(c5ccccc5)c5cccc6c5[te]c5ccccc56)cc(c32)O4)cc1. The van der Waals surface area contributed by atoms with Crippen LogP contribution >= 0.6 is 0 Å². The van der Waals surface area contributed by atoms with Crippen molar-refractivity contribution < 1.29 is 4.74 Å². The molecule has 2 aromatic heterocycles. The normalized spacial score (nSPS) is 12.9. The molecule has 6 nitrogen and oxygen atoms in total. The molecule has 0 spiro atoms. The van der Waals surface area contributed by atoms with E-state index >= 15 is 0 Å². The molecule has 10 heteroatoms. The molecule has 494 valence electrons. The number of rotatable bonds is 11. The summed E-state index contributed by atoms with van der Waals surface area (Å²) >= 11 is -1.59. The van der Waals surface area contributed by atoms with E-state index in [2.05, 4.69) is 395 Å². The summed E-state index contributed by atoms with van der Waals surface area (Å²) in [6, 6.07) is 138. The van der Waals surface area contributed by atoms with Crippen LogP contribution in [0.3, 0.4) is 0 Å². The van der Waals surface area contributed by atoms with Crippen LogP contribution in [0, 0.1) is 0 Å². The Labute approximate surface area is 635 Å². The van der Waals surface area contributed by atoms with Crippen LogP contribution in [0.1, 0.15) is 0 Å². The molecule has 16 aromatic carbocycles. The molecule has 0 atom stereocenters. The number of benzene rings is 16. The van der Waals surface area contributed by atoms with Crippen LogP contribution in [0.4, 0.5) is 85.3 Å². The van der Waals surface area contributed by atoms with Gasteiger partial charge in [-0.1, -0.05) is 146 Å². The standard InChI is InChI=1S/C96H61B2N5OTe2/c1-7-30-62(31-8-1)70-44-27-45-71(63-32-9-2-10-33-63)94(70)103-84-61-88-79(60-78(84)97-76-48-21-23-50-80(76)101(67-40-17-6-18-41-67)85-56-68(57-86(103)92(85)97)99(64-34-11-3-12-35-64)65-36-13-4-14-37-65)98-77-49-22-24-51-81(77)102(83-53-29-47-75-73-43-20-26-55-91(73)106-96(75)83)87-58-69(59-89(104-88)93(87)98)100(66-38-15-5-16-39-66)82-52-28-46-74-72-42-19-25-54-90(72)105-95(74)82/h1-61H. The molecule has 0 radical (unpaired) electrons. The largest absolute Gasteiger partial charge is 0.0616 e. The Kier molecular flexibility index (Phi) is 14.4. The second-order valence-electron chi connectivity index (χ2n) is 27.8. The summed E-state index contributed by atoms with van der Waals surface area (Å²) < 4.78 is 14.0. The third-order valence-electron chi connectivity index (χ3n) is 22.0. The first-order valence-corrected chi connectivity index (χ1v) is 40.9. The summed E-state index contributed by atoms with van der Waals surface area (Å²) in [6.07, 6.45) is 0. The van der Waals surface area contributed by atoms with Gasteiger partial charge in [0.1, 0.15) is 0 Å². The van der Waals surface area contributed by atoms with E-state index in [1.165, 1.54) is 74.1 Å². The Morgan fingerprint density at radius 3 is 1.32 bits per heavy atom. The first-order chi connectivity index (χ1) is 52.6. The average Bonchev–Trinajstić information content (AvgIpc) is 0.820. The predicted octanol–water partition coefficient (Wildman–Crippen LogP) is 21.2. The van der Waals surface area contributed by atoms with E-state index in [0.29, 0.717) is 0 Å². The first kappa shape index (κ1) is 61.5. The zero-order chi connectivity index (χ0) is 69.5. The van der Waals surface area contributed by atoms with E-state index in [1.54, 1.807) is 0 Å². The molecule has 0 amide bonds. The molecule has 4 aliphatic heterocycles. The number of fused-ring (bicyclic) bond motifs is 14. The number of nitrogens with zero attached hydrogens (tertiary/aromatic N) is 5. The fraction of sp³-hybridized carbons (Fsp3) is 0. The number of hydrogen-bond donors (Lipinski definition) is 0. The zero-order valence-corrected chi connectivity index (χ0v) is 62.0. The van der Waals surface area contributed by atoms with E-state index in [4.69, 9.17) is 4.74 Å². The van der Waals surface area contributed by atoms with E-state index in [-0.39, 0.29) is 13.4 Å². The summed E-state index contributed by atoms with van der Waals surface area (Å²) in [4.78, 5) is 12.8. The van der Waals surface area contributed by atoms with Crippen LogP contribution in [-0.4, -0.2) is 54.3 Å². The third-order valence-corrected chi connectivity index (χ3v) is 28.9. The van der Waals surface area contributed by atoms with Crippen LogP contribution < -0.4 is 62.0 Å². The fourth-order valence-electron chi connectivity index (χ4n) is 17.6. The molecule has 106 heavy (non-hydrogen) atoms. The molecule has 0 bridgehead atoms. The van der Waals surface area contributed by atoms with Gasteiger partial charge in [0, 0.05) is 28.2 Å². The van der Waals surface area contributed by atoms with Crippen LogP contribution in [-0.2, 0) is 0 Å². The smallest absolute Gasteiger partial charge is 0.0543 e. The minimum atomic E-state index is -0.803. The number of ether oxygens (including phenoxy) is 1. The summed E-state index contributed by atoms with van der Waals surface area (Å²) in [7, 11) is 0. The minimum Gasteiger partial charge on any atom is -0.0616 e. The first-order valence-electron chi connectivity index (χ1n) is 36.3. The average molecular weight is 1580 g/mol. The van der Waals surface area contributed by atoms with Crippen molar-refractivity contribution in [2.24, 2.45) is 0 Å². The maximum atomic E-state index is 8.19. The Hall–Kier alpha value is -12.0. The van der Waals surface area contributed by atoms with Gasteiger partial charge in [-0.25, -0.2) is 0 Å². The van der Waals surface area contributed by atoms with Crippen molar-refractivity contribution in [1.82, 2.24) is 0 Å². The summed E-state index contributed by atoms with van der Waals surface area (Å²) in [6.45, 7) is -0.479. The Balaban J connectivity index is 0.861. The van der Waals surface area contributed by atoms with Gasteiger partial charge >= 0.3 is 386 Å². The molecule has 0 aliphatic carbocycles. The summed E-state index contributed by atoms with van der Waals surface area (Å²) in [5.41, 5.74) is 28.2. The molecule has 0 N–H and O–H groups in total. The van der Waals surface area contributed by atoms with E-state index in [0.717, 1.165) is 113 Å². The van der Waals surface area contributed by atoms with E-state index < -0.39 is 40.9 Å². The molecular weight excluding hydrogens is 1520 g/mol. The molecule has 0 fully saturated rings. The van der Waals surface area contributed by atoms with E-state index in [1.807, 2.05) is 0 Å². The molecule has 6 heterocycles. The van der Waals surface area contributed by atoms with Crippen LogP contribution in [0.25, 0.3) is 57.4 Å². The quantitative estimate of drug-likeness (QED) is 0.120. The van der Waals surface area contributed by atoms with Crippen molar-refractivity contribution in [2.45, 2.75) is 0 Å². The Morgan fingerprint density at radius 2 is 0.708 bits per heavy atom. The third kappa shape index (κ3) is 9.59. The van der Waals surface area contributed by atoms with Crippen molar-refractivity contribution >= 4 is 208 Å². The van der Waals surface area contributed by atoms with Gasteiger partial charge in [0.25, 0.3) is 0 Å². The molecule has 4 aliphatic rings. The maximum absolute atomic E-state index is 8.19. The van der Waals surface area contributed by atoms with Crippen molar-refractivity contribution in [3.63, 3.8) is 0 Å². The molecule has 22 rings (SSSR count). The fourth-order valence-corrected chi connectivity index (χ4v) is 24.5. The van der Waals surface area contributed by atoms with Crippen molar-refractivity contribution in [1.29, 1.82) is 0 Å². The van der Waals surface area contributed by atoms with Crippen LogP contribution in [0.5, 0.6) is 11.5 Å². The number of anilines is 15. The predicted molar refractivity (Wildman–Crippen MR) is 450 cm³/mol. The second kappa shape index (κ2) is 24.9. The van der Waals surface area contributed by atoms with Gasteiger partial charge in [0.15, 0.2) is 0 Å². The Morgan fingerprint density at radius 1 is 0.264 bits per heavy atom. The molecule has 18 aromatic rings. The molecular formula is C96H61B2N5OTe2. The van der Waals surface area contributed by atoms with Crippen molar-refractivity contribution in [3.8, 4) is 33.8 Å². The Bertz CT molecular complexity index is 6460. The van der Waals surface area contributed by atoms with Gasteiger partial charge in [-0.15, -0.1) is 0 Å². The van der Waals surface area contributed by atoms with Crippen molar-refractivity contribution in [2.75, 3.05) is 24.5 Å². The molecule has 0 saturated carbocycles. The van der Waals surface area contributed by atoms with E-state index in [9.17, 15) is 0 Å². The second-order valence-corrected chi connectivity index (χ2v) is 33.8. The van der Waals surface area contributed by atoms with Gasteiger partial charge in [-0.2, -0.15) is 0 Å². The van der Waals surface area contributed by atoms with Gasteiger partial charge < -0.3 is 9.80 Å².